The quantitative estimate of drug-likeness (QED) is 0.810. The highest BCUT2D eigenvalue weighted by molar-refractivity contribution is 5.90. The number of carbonyl (C=O) groups excluding carboxylic acids is 1. The van der Waals surface area contributed by atoms with E-state index in [1.165, 1.54) is 12.5 Å². The molecule has 18 heavy (non-hydrogen) atoms. The van der Waals surface area contributed by atoms with Gasteiger partial charge in [0.25, 0.3) is 0 Å². The minimum Gasteiger partial charge on any atom is -0.399 e. The van der Waals surface area contributed by atoms with Crippen LogP contribution in [0.3, 0.4) is 0 Å². The van der Waals surface area contributed by atoms with Gasteiger partial charge in [-0.25, -0.2) is 0 Å². The fourth-order valence-corrected chi connectivity index (χ4v) is 1.70. The van der Waals surface area contributed by atoms with Gasteiger partial charge in [0.1, 0.15) is 12.0 Å². The predicted molar refractivity (Wildman–Crippen MR) is 69.0 cm³/mol. The first-order valence-electron chi connectivity index (χ1n) is 5.70. The Hall–Kier alpha value is -2.30. The largest absolute Gasteiger partial charge is 0.399 e. The number of hydrogen-bond acceptors (Lipinski definition) is 4. The van der Waals surface area contributed by atoms with Crippen LogP contribution in [-0.2, 0) is 4.79 Å². The SMILES string of the molecule is CC(CC(=O)Nc1cnoc1)c1ccc(N)cc1. The molecule has 0 saturated carbocycles. The molecule has 0 aliphatic carbocycles. The van der Waals surface area contributed by atoms with Crippen LogP contribution in [0.2, 0.25) is 0 Å². The van der Waals surface area contributed by atoms with Crippen LogP contribution in [0.1, 0.15) is 24.8 Å². The highest BCUT2D eigenvalue weighted by atomic mass is 16.5. The number of nitrogens with one attached hydrogen (secondary N) is 1. The fraction of sp³-hybridized carbons (Fsp3) is 0.231. The molecule has 0 aliphatic heterocycles. The van der Waals surface area contributed by atoms with Gasteiger partial charge in [-0.05, 0) is 23.6 Å². The Morgan fingerprint density at radius 2 is 2.17 bits per heavy atom. The van der Waals surface area contributed by atoms with E-state index in [0.717, 1.165) is 11.3 Å². The van der Waals surface area contributed by atoms with E-state index in [9.17, 15) is 4.79 Å². The van der Waals surface area contributed by atoms with Crippen LogP contribution in [0.15, 0.2) is 41.2 Å². The van der Waals surface area contributed by atoms with Gasteiger partial charge < -0.3 is 15.6 Å². The van der Waals surface area contributed by atoms with Crippen molar-refractivity contribution in [3.8, 4) is 0 Å². The summed E-state index contributed by atoms with van der Waals surface area (Å²) in [5, 5.41) is 6.23. The number of carbonyl (C=O) groups is 1. The van der Waals surface area contributed by atoms with Crippen molar-refractivity contribution >= 4 is 17.3 Å². The summed E-state index contributed by atoms with van der Waals surface area (Å²) in [7, 11) is 0. The second-order valence-corrected chi connectivity index (χ2v) is 4.23. The molecule has 1 heterocycles. The van der Waals surface area contributed by atoms with Crippen LogP contribution < -0.4 is 11.1 Å². The number of nitrogens with two attached hydrogens (primary N) is 1. The second-order valence-electron chi connectivity index (χ2n) is 4.23. The third kappa shape index (κ3) is 3.10. The van der Waals surface area contributed by atoms with Gasteiger partial charge in [-0.15, -0.1) is 0 Å². The Bertz CT molecular complexity index is 506. The summed E-state index contributed by atoms with van der Waals surface area (Å²) in [6.07, 6.45) is 3.26. The fourth-order valence-electron chi connectivity index (χ4n) is 1.70. The minimum atomic E-state index is -0.0671. The lowest BCUT2D eigenvalue weighted by Gasteiger charge is -2.11. The first-order valence-corrected chi connectivity index (χ1v) is 5.70. The van der Waals surface area contributed by atoms with E-state index in [0.29, 0.717) is 12.1 Å². The molecule has 5 nitrogen and oxygen atoms in total. The molecule has 0 radical (unpaired) electrons. The van der Waals surface area contributed by atoms with Gasteiger partial charge in [-0.2, -0.15) is 0 Å². The van der Waals surface area contributed by atoms with E-state index in [1.807, 2.05) is 31.2 Å². The van der Waals surface area contributed by atoms with Gasteiger partial charge in [-0.1, -0.05) is 24.2 Å². The molecule has 0 fully saturated rings. The van der Waals surface area contributed by atoms with Crippen LogP contribution in [0, 0.1) is 0 Å². The van der Waals surface area contributed by atoms with E-state index in [2.05, 4.69) is 15.0 Å². The highest BCUT2D eigenvalue weighted by Gasteiger charge is 2.11. The molecule has 0 bridgehead atoms. The zero-order valence-electron chi connectivity index (χ0n) is 10.1. The molecule has 2 rings (SSSR count). The molecule has 94 valence electrons. The number of amides is 1. The van der Waals surface area contributed by atoms with Gasteiger partial charge in [0, 0.05) is 12.1 Å². The van der Waals surface area contributed by atoms with Crippen molar-refractivity contribution < 1.29 is 9.32 Å². The number of anilines is 2. The van der Waals surface area contributed by atoms with Gasteiger partial charge in [0.15, 0.2) is 0 Å². The number of benzene rings is 1. The number of nitrogen functional groups attached to an aromatic ring is 1. The Labute approximate surface area is 105 Å². The molecule has 1 aromatic heterocycles. The van der Waals surface area contributed by atoms with Gasteiger partial charge in [0.2, 0.25) is 5.91 Å². The summed E-state index contributed by atoms with van der Waals surface area (Å²) in [6.45, 7) is 2.00. The lowest BCUT2D eigenvalue weighted by molar-refractivity contribution is -0.116. The standard InChI is InChI=1S/C13H15N3O2/c1-9(10-2-4-11(14)5-3-10)6-13(17)16-12-7-15-18-8-12/h2-5,7-9H,6,14H2,1H3,(H,16,17). The minimum absolute atomic E-state index is 0.0671. The lowest BCUT2D eigenvalue weighted by Crippen LogP contribution is -2.13. The average molecular weight is 245 g/mol. The maximum atomic E-state index is 11.8. The Balaban J connectivity index is 1.92. The molecule has 0 spiro atoms. The van der Waals surface area contributed by atoms with Crippen LogP contribution in [0.25, 0.3) is 0 Å². The van der Waals surface area contributed by atoms with Crippen molar-refractivity contribution in [3.63, 3.8) is 0 Å². The molecular formula is C13H15N3O2. The van der Waals surface area contributed by atoms with Gasteiger partial charge >= 0.3 is 0 Å². The third-order valence-electron chi connectivity index (χ3n) is 2.71. The lowest BCUT2D eigenvalue weighted by atomic mass is 9.97. The van der Waals surface area contributed by atoms with Crippen LogP contribution in [-0.4, -0.2) is 11.1 Å². The van der Waals surface area contributed by atoms with Crippen LogP contribution >= 0.6 is 0 Å². The predicted octanol–water partition coefficient (Wildman–Crippen LogP) is 2.39. The number of rotatable bonds is 4. The molecule has 1 amide bonds. The van der Waals surface area contributed by atoms with E-state index in [4.69, 9.17) is 5.73 Å². The first-order chi connectivity index (χ1) is 8.65. The first kappa shape index (κ1) is 12.2. The molecule has 1 atom stereocenters. The topological polar surface area (TPSA) is 81.2 Å². The Morgan fingerprint density at radius 3 is 2.78 bits per heavy atom. The van der Waals surface area contributed by atoms with Gasteiger partial charge in [-0.3, -0.25) is 4.79 Å². The molecule has 0 aliphatic rings. The Kier molecular flexibility index (Phi) is 3.62. The maximum absolute atomic E-state index is 11.8. The van der Waals surface area contributed by atoms with Crippen molar-refractivity contribution in [2.75, 3.05) is 11.1 Å². The van der Waals surface area contributed by atoms with Crippen molar-refractivity contribution in [3.05, 3.63) is 42.3 Å². The maximum Gasteiger partial charge on any atom is 0.225 e. The third-order valence-corrected chi connectivity index (χ3v) is 2.71. The summed E-state index contributed by atoms with van der Waals surface area (Å²) in [5.74, 6) is 0.0629. The summed E-state index contributed by atoms with van der Waals surface area (Å²) in [6, 6.07) is 7.55. The van der Waals surface area contributed by atoms with E-state index in [1.54, 1.807) is 0 Å². The van der Waals surface area contributed by atoms with E-state index in [-0.39, 0.29) is 11.8 Å². The number of nitrogens with zero attached hydrogens (tertiary/aromatic N) is 1. The molecule has 5 heteroatoms. The van der Waals surface area contributed by atoms with E-state index >= 15 is 0 Å². The van der Waals surface area contributed by atoms with Crippen molar-refractivity contribution in [2.45, 2.75) is 19.3 Å². The highest BCUT2D eigenvalue weighted by Crippen LogP contribution is 2.20. The molecule has 2 aromatic rings. The summed E-state index contributed by atoms with van der Waals surface area (Å²) in [5.41, 5.74) is 8.01. The van der Waals surface area contributed by atoms with Crippen molar-refractivity contribution in [2.24, 2.45) is 0 Å². The van der Waals surface area contributed by atoms with E-state index < -0.39 is 0 Å². The molecular weight excluding hydrogens is 230 g/mol. The smallest absolute Gasteiger partial charge is 0.225 e. The normalized spacial score (nSPS) is 12.1. The molecule has 3 N–H and O–H groups in total. The zero-order chi connectivity index (χ0) is 13.0. The zero-order valence-corrected chi connectivity index (χ0v) is 10.1. The summed E-state index contributed by atoms with van der Waals surface area (Å²) in [4.78, 5) is 11.8. The second kappa shape index (κ2) is 5.35. The van der Waals surface area contributed by atoms with Crippen LogP contribution in [0.4, 0.5) is 11.4 Å². The molecule has 1 unspecified atom stereocenters. The van der Waals surface area contributed by atoms with Crippen LogP contribution in [0.5, 0.6) is 0 Å². The average Bonchev–Trinajstić information content (AvgIpc) is 2.82. The monoisotopic (exact) mass is 245 g/mol. The molecule has 0 saturated heterocycles. The van der Waals surface area contributed by atoms with Gasteiger partial charge in [0.05, 0.1) is 6.20 Å². The Morgan fingerprint density at radius 1 is 1.44 bits per heavy atom. The van der Waals surface area contributed by atoms with Crippen molar-refractivity contribution in [1.29, 1.82) is 0 Å². The summed E-state index contributed by atoms with van der Waals surface area (Å²) >= 11 is 0. The summed E-state index contributed by atoms with van der Waals surface area (Å²) < 4.78 is 4.64. The number of hydrogen-bond donors (Lipinski definition) is 2. The van der Waals surface area contributed by atoms with Crippen molar-refractivity contribution in [1.82, 2.24) is 5.16 Å². The number of aromatic nitrogens is 1. The molecule has 1 aromatic carbocycles.